The lowest BCUT2D eigenvalue weighted by Crippen LogP contribution is -2.24. The van der Waals surface area contributed by atoms with Crippen molar-refractivity contribution < 1.29 is 14.3 Å². The van der Waals surface area contributed by atoms with E-state index in [0.717, 1.165) is 18.4 Å². The Kier molecular flexibility index (Phi) is 7.25. The van der Waals surface area contributed by atoms with Crippen LogP contribution in [0.2, 0.25) is 0 Å². The fourth-order valence-electron chi connectivity index (χ4n) is 2.08. The van der Waals surface area contributed by atoms with E-state index in [1.165, 1.54) is 7.11 Å². The van der Waals surface area contributed by atoms with Gasteiger partial charge in [-0.25, -0.2) is 4.79 Å². The quantitative estimate of drug-likeness (QED) is 0.582. The molecule has 0 bridgehead atoms. The molecular formula is C19H24O3. The van der Waals surface area contributed by atoms with Gasteiger partial charge in [-0.1, -0.05) is 50.8 Å². The Balaban J connectivity index is 2.96. The predicted octanol–water partition coefficient (Wildman–Crippen LogP) is 4.24. The number of para-hydroxylation sites is 1. The standard InChI is InChI=1S/C19H24O3/c1-6-9-15(4)17(13-12-14(2)3)22-19(20)16-10-7-8-11-18(16)21-5/h7-8,10-11,15,17H,2,6,9H2,1,3-5H3. The maximum Gasteiger partial charge on any atom is 0.343 e. The summed E-state index contributed by atoms with van der Waals surface area (Å²) in [5.74, 6) is 6.18. The third-order valence-corrected chi connectivity index (χ3v) is 3.25. The molecule has 0 aromatic heterocycles. The zero-order chi connectivity index (χ0) is 16.5. The van der Waals surface area contributed by atoms with Crippen LogP contribution in [0.4, 0.5) is 0 Å². The highest BCUT2D eigenvalue weighted by Crippen LogP contribution is 2.21. The smallest absolute Gasteiger partial charge is 0.343 e. The summed E-state index contributed by atoms with van der Waals surface area (Å²) >= 11 is 0. The van der Waals surface area contributed by atoms with Gasteiger partial charge in [0.1, 0.15) is 11.3 Å². The second-order valence-electron chi connectivity index (χ2n) is 5.34. The van der Waals surface area contributed by atoms with Gasteiger partial charge in [-0.05, 0) is 31.1 Å². The molecule has 0 fully saturated rings. The third-order valence-electron chi connectivity index (χ3n) is 3.25. The molecule has 22 heavy (non-hydrogen) atoms. The largest absolute Gasteiger partial charge is 0.496 e. The molecular weight excluding hydrogens is 276 g/mol. The van der Waals surface area contributed by atoms with Crippen LogP contribution in [0.25, 0.3) is 0 Å². The second kappa shape index (κ2) is 8.94. The first kappa shape index (κ1) is 17.8. The first-order valence-corrected chi connectivity index (χ1v) is 7.50. The highest BCUT2D eigenvalue weighted by atomic mass is 16.5. The monoisotopic (exact) mass is 300 g/mol. The minimum Gasteiger partial charge on any atom is -0.496 e. The molecule has 0 aliphatic carbocycles. The summed E-state index contributed by atoms with van der Waals surface area (Å²) in [5.41, 5.74) is 1.16. The number of carbonyl (C=O) groups excluding carboxylic acids is 1. The summed E-state index contributed by atoms with van der Waals surface area (Å²) in [6.45, 7) is 9.73. The molecule has 1 aromatic carbocycles. The summed E-state index contributed by atoms with van der Waals surface area (Å²) in [6, 6.07) is 7.02. The Bertz CT molecular complexity index is 578. The molecule has 0 N–H and O–H groups in total. The Hall–Kier alpha value is -2.21. The van der Waals surface area contributed by atoms with Gasteiger partial charge in [-0.3, -0.25) is 0 Å². The molecule has 0 saturated carbocycles. The zero-order valence-corrected chi connectivity index (χ0v) is 13.8. The van der Waals surface area contributed by atoms with Crippen molar-refractivity contribution in [2.45, 2.75) is 39.7 Å². The van der Waals surface area contributed by atoms with Crippen molar-refractivity contribution in [2.24, 2.45) is 5.92 Å². The van der Waals surface area contributed by atoms with Gasteiger partial charge in [0.2, 0.25) is 0 Å². The van der Waals surface area contributed by atoms with Gasteiger partial charge >= 0.3 is 5.97 Å². The Morgan fingerprint density at radius 3 is 2.64 bits per heavy atom. The summed E-state index contributed by atoms with van der Waals surface area (Å²) in [5, 5.41) is 0. The van der Waals surface area contributed by atoms with E-state index < -0.39 is 12.1 Å². The normalized spacial score (nSPS) is 12.5. The number of ether oxygens (including phenoxy) is 2. The van der Waals surface area contributed by atoms with Crippen molar-refractivity contribution in [3.63, 3.8) is 0 Å². The van der Waals surface area contributed by atoms with Crippen LogP contribution in [0.15, 0.2) is 36.4 Å². The molecule has 0 saturated heterocycles. The van der Waals surface area contributed by atoms with Crippen LogP contribution in [-0.2, 0) is 4.74 Å². The SMILES string of the molecule is C=C(C)C#CC(OC(=O)c1ccccc1OC)C(C)CCC. The summed E-state index contributed by atoms with van der Waals surface area (Å²) in [6.07, 6.45) is 1.50. The van der Waals surface area contributed by atoms with Crippen LogP contribution in [0.1, 0.15) is 44.0 Å². The molecule has 1 aromatic rings. The van der Waals surface area contributed by atoms with Gasteiger partial charge in [-0.2, -0.15) is 0 Å². The number of rotatable bonds is 6. The second-order valence-corrected chi connectivity index (χ2v) is 5.34. The zero-order valence-electron chi connectivity index (χ0n) is 13.8. The third kappa shape index (κ3) is 5.29. The highest BCUT2D eigenvalue weighted by Gasteiger charge is 2.22. The van der Waals surface area contributed by atoms with Gasteiger partial charge in [-0.15, -0.1) is 0 Å². The van der Waals surface area contributed by atoms with E-state index in [2.05, 4.69) is 25.3 Å². The van der Waals surface area contributed by atoms with Crippen LogP contribution < -0.4 is 4.74 Å². The maximum atomic E-state index is 12.4. The van der Waals surface area contributed by atoms with Crippen molar-refractivity contribution in [1.82, 2.24) is 0 Å². The van der Waals surface area contributed by atoms with E-state index >= 15 is 0 Å². The van der Waals surface area contributed by atoms with Gasteiger partial charge < -0.3 is 9.47 Å². The topological polar surface area (TPSA) is 35.5 Å². The molecule has 0 radical (unpaired) electrons. The van der Waals surface area contributed by atoms with Gasteiger partial charge in [0.25, 0.3) is 0 Å². The number of carbonyl (C=O) groups is 1. The summed E-state index contributed by atoms with van der Waals surface area (Å²) in [4.78, 5) is 12.4. The fraction of sp³-hybridized carbons (Fsp3) is 0.421. The van der Waals surface area contributed by atoms with Gasteiger partial charge in [0.05, 0.1) is 7.11 Å². The van der Waals surface area contributed by atoms with Crippen LogP contribution in [0.5, 0.6) is 5.75 Å². The number of esters is 1. The number of hydrogen-bond acceptors (Lipinski definition) is 3. The molecule has 3 heteroatoms. The maximum absolute atomic E-state index is 12.4. The van der Waals surface area contributed by atoms with Gasteiger partial charge in [0.15, 0.2) is 6.10 Å². The molecule has 0 aliphatic heterocycles. The number of benzene rings is 1. The molecule has 0 aliphatic rings. The average Bonchev–Trinajstić information content (AvgIpc) is 2.51. The Morgan fingerprint density at radius 1 is 1.36 bits per heavy atom. The van der Waals surface area contributed by atoms with Crippen LogP contribution in [0, 0.1) is 17.8 Å². The van der Waals surface area contributed by atoms with Crippen LogP contribution >= 0.6 is 0 Å². The minimum atomic E-state index is -0.450. The Labute approximate surface area is 133 Å². The lowest BCUT2D eigenvalue weighted by Gasteiger charge is -2.19. The molecule has 0 spiro atoms. The molecule has 1 rings (SSSR count). The van der Waals surface area contributed by atoms with E-state index in [-0.39, 0.29) is 5.92 Å². The van der Waals surface area contributed by atoms with Crippen molar-refractivity contribution in [3.8, 4) is 17.6 Å². The number of hydrogen-bond donors (Lipinski definition) is 0. The van der Waals surface area contributed by atoms with Crippen molar-refractivity contribution >= 4 is 5.97 Å². The van der Waals surface area contributed by atoms with E-state index in [1.807, 2.05) is 19.9 Å². The first-order valence-electron chi connectivity index (χ1n) is 7.50. The van der Waals surface area contributed by atoms with Gasteiger partial charge in [0, 0.05) is 5.92 Å². The fourth-order valence-corrected chi connectivity index (χ4v) is 2.08. The molecule has 0 heterocycles. The highest BCUT2D eigenvalue weighted by molar-refractivity contribution is 5.92. The average molecular weight is 300 g/mol. The van der Waals surface area contributed by atoms with Crippen molar-refractivity contribution in [2.75, 3.05) is 7.11 Å². The Morgan fingerprint density at radius 2 is 2.05 bits per heavy atom. The molecule has 0 amide bonds. The van der Waals surface area contributed by atoms with E-state index in [4.69, 9.17) is 9.47 Å². The predicted molar refractivity (Wildman–Crippen MR) is 88.9 cm³/mol. The molecule has 2 unspecified atom stereocenters. The van der Waals surface area contributed by atoms with Crippen LogP contribution in [-0.4, -0.2) is 19.2 Å². The molecule has 2 atom stereocenters. The number of methoxy groups -OCH3 is 1. The molecule has 118 valence electrons. The van der Waals surface area contributed by atoms with E-state index in [0.29, 0.717) is 11.3 Å². The molecule has 3 nitrogen and oxygen atoms in total. The van der Waals surface area contributed by atoms with E-state index in [1.54, 1.807) is 18.2 Å². The van der Waals surface area contributed by atoms with Crippen LogP contribution in [0.3, 0.4) is 0 Å². The summed E-state index contributed by atoms with van der Waals surface area (Å²) in [7, 11) is 1.53. The first-order chi connectivity index (χ1) is 10.5. The van der Waals surface area contributed by atoms with Crippen molar-refractivity contribution in [1.29, 1.82) is 0 Å². The summed E-state index contributed by atoms with van der Waals surface area (Å²) < 4.78 is 10.8. The van der Waals surface area contributed by atoms with E-state index in [9.17, 15) is 4.79 Å². The lowest BCUT2D eigenvalue weighted by atomic mass is 9.99. The lowest BCUT2D eigenvalue weighted by molar-refractivity contribution is 0.0301. The minimum absolute atomic E-state index is 0.163. The number of allylic oxidation sites excluding steroid dienone is 1. The van der Waals surface area contributed by atoms with Crippen molar-refractivity contribution in [3.05, 3.63) is 42.0 Å².